The SMILES string of the molecule is C=CCC1CC(CC2CC(CC=C)CC(OC)C2O)C(O)C(OC)C1. The summed E-state index contributed by atoms with van der Waals surface area (Å²) in [5, 5.41) is 21.5. The summed E-state index contributed by atoms with van der Waals surface area (Å²) in [4.78, 5) is 0. The Morgan fingerprint density at radius 3 is 1.52 bits per heavy atom. The molecule has 0 aromatic carbocycles. The molecular weight excluding hydrogens is 316 g/mol. The topological polar surface area (TPSA) is 58.9 Å². The fourth-order valence-corrected chi connectivity index (χ4v) is 5.06. The molecule has 0 aromatic rings. The van der Waals surface area contributed by atoms with Crippen LogP contribution < -0.4 is 0 Å². The average Bonchev–Trinajstić information content (AvgIpc) is 2.60. The van der Waals surface area contributed by atoms with Crippen LogP contribution in [-0.2, 0) is 9.47 Å². The lowest BCUT2D eigenvalue weighted by atomic mass is 9.68. The van der Waals surface area contributed by atoms with Gasteiger partial charge in [-0.15, -0.1) is 13.2 Å². The summed E-state index contributed by atoms with van der Waals surface area (Å²) in [6.45, 7) is 7.72. The first-order chi connectivity index (χ1) is 12.0. The zero-order valence-corrected chi connectivity index (χ0v) is 15.8. The number of hydrogen-bond acceptors (Lipinski definition) is 4. The molecular formula is C21H36O4. The minimum Gasteiger partial charge on any atom is -0.390 e. The van der Waals surface area contributed by atoms with E-state index in [-0.39, 0.29) is 24.0 Å². The number of methoxy groups -OCH3 is 2. The first-order valence-electron chi connectivity index (χ1n) is 9.67. The van der Waals surface area contributed by atoms with Crippen LogP contribution in [0.2, 0.25) is 0 Å². The molecule has 0 radical (unpaired) electrons. The molecule has 0 spiro atoms. The lowest BCUT2D eigenvalue weighted by Gasteiger charge is -2.43. The molecule has 0 saturated heterocycles. The zero-order chi connectivity index (χ0) is 18.4. The molecule has 25 heavy (non-hydrogen) atoms. The Balaban J connectivity index is 2.07. The second-order valence-electron chi connectivity index (χ2n) is 8.01. The van der Waals surface area contributed by atoms with Crippen LogP contribution in [0.15, 0.2) is 25.3 Å². The van der Waals surface area contributed by atoms with E-state index in [1.165, 1.54) is 0 Å². The van der Waals surface area contributed by atoms with Crippen molar-refractivity contribution in [3.8, 4) is 0 Å². The normalized spacial score (nSPS) is 42.1. The number of ether oxygens (including phenoxy) is 2. The molecule has 4 heteroatoms. The van der Waals surface area contributed by atoms with Crippen molar-refractivity contribution in [3.05, 3.63) is 25.3 Å². The highest BCUT2D eigenvalue weighted by atomic mass is 16.5. The van der Waals surface area contributed by atoms with Gasteiger partial charge in [-0.3, -0.25) is 0 Å². The Morgan fingerprint density at radius 2 is 1.20 bits per heavy atom. The quantitative estimate of drug-likeness (QED) is 0.658. The standard InChI is InChI=1S/C21H36O4/c1-5-7-14-9-16(20(22)18(11-14)24-3)13-17-10-15(8-6-2)12-19(25-4)21(17)23/h5-6,14-23H,1-2,7-13H2,3-4H3. The number of aliphatic hydroxyl groups is 2. The smallest absolute Gasteiger partial charge is 0.0835 e. The third-order valence-corrected chi connectivity index (χ3v) is 6.34. The van der Waals surface area contributed by atoms with E-state index >= 15 is 0 Å². The second-order valence-corrected chi connectivity index (χ2v) is 8.01. The van der Waals surface area contributed by atoms with E-state index in [1.54, 1.807) is 14.2 Å². The third kappa shape index (κ3) is 5.16. The van der Waals surface area contributed by atoms with Gasteiger partial charge in [0, 0.05) is 14.2 Å². The summed E-state index contributed by atoms with van der Waals surface area (Å²) >= 11 is 0. The van der Waals surface area contributed by atoms with E-state index in [9.17, 15) is 10.2 Å². The molecule has 2 saturated carbocycles. The van der Waals surface area contributed by atoms with Crippen molar-refractivity contribution in [1.82, 2.24) is 0 Å². The van der Waals surface area contributed by atoms with E-state index < -0.39 is 12.2 Å². The van der Waals surface area contributed by atoms with E-state index in [4.69, 9.17) is 9.47 Å². The Bertz CT molecular complexity index is 386. The van der Waals surface area contributed by atoms with Gasteiger partial charge in [0.1, 0.15) is 0 Å². The molecule has 2 fully saturated rings. The van der Waals surface area contributed by atoms with Crippen LogP contribution in [0.1, 0.15) is 44.9 Å². The maximum atomic E-state index is 10.7. The molecule has 2 rings (SSSR count). The molecule has 8 atom stereocenters. The lowest BCUT2D eigenvalue weighted by molar-refractivity contribution is -0.113. The summed E-state index contributed by atoms with van der Waals surface area (Å²) < 4.78 is 11.1. The molecule has 0 amide bonds. The average molecular weight is 353 g/mol. The summed E-state index contributed by atoms with van der Waals surface area (Å²) in [6.07, 6.45) is 9.21. The van der Waals surface area contributed by atoms with E-state index in [0.29, 0.717) is 11.8 Å². The van der Waals surface area contributed by atoms with Gasteiger partial charge in [0.15, 0.2) is 0 Å². The molecule has 0 aliphatic heterocycles. The van der Waals surface area contributed by atoms with Crippen molar-refractivity contribution < 1.29 is 19.7 Å². The van der Waals surface area contributed by atoms with Crippen molar-refractivity contribution in [2.75, 3.05) is 14.2 Å². The van der Waals surface area contributed by atoms with Crippen LogP contribution in [0.5, 0.6) is 0 Å². The molecule has 144 valence electrons. The summed E-state index contributed by atoms with van der Waals surface area (Å²) in [6, 6.07) is 0. The summed E-state index contributed by atoms with van der Waals surface area (Å²) in [5.74, 6) is 1.31. The second kappa shape index (κ2) is 9.86. The molecule has 8 unspecified atom stereocenters. The number of aliphatic hydroxyl groups excluding tert-OH is 2. The fourth-order valence-electron chi connectivity index (χ4n) is 5.06. The van der Waals surface area contributed by atoms with Gasteiger partial charge in [-0.25, -0.2) is 0 Å². The van der Waals surface area contributed by atoms with Crippen LogP contribution in [0.4, 0.5) is 0 Å². The highest BCUT2D eigenvalue weighted by Gasteiger charge is 2.42. The van der Waals surface area contributed by atoms with Crippen LogP contribution in [-0.4, -0.2) is 48.8 Å². The number of rotatable bonds is 8. The maximum absolute atomic E-state index is 10.7. The van der Waals surface area contributed by atoms with Crippen LogP contribution in [0.3, 0.4) is 0 Å². The largest absolute Gasteiger partial charge is 0.390 e. The Hall–Kier alpha value is -0.680. The molecule has 2 aliphatic carbocycles. The predicted octanol–water partition coefficient (Wildman–Crippen LogP) is 3.33. The Labute approximate surface area is 152 Å². The van der Waals surface area contributed by atoms with Gasteiger partial charge in [-0.1, -0.05) is 12.2 Å². The van der Waals surface area contributed by atoms with Crippen LogP contribution >= 0.6 is 0 Å². The monoisotopic (exact) mass is 352 g/mol. The van der Waals surface area contributed by atoms with E-state index in [1.807, 2.05) is 12.2 Å². The van der Waals surface area contributed by atoms with E-state index in [0.717, 1.165) is 44.9 Å². The lowest BCUT2D eigenvalue weighted by Crippen LogP contribution is -2.47. The number of allylic oxidation sites excluding steroid dienone is 2. The summed E-state index contributed by atoms with van der Waals surface area (Å²) in [7, 11) is 3.36. The van der Waals surface area contributed by atoms with Crippen molar-refractivity contribution >= 4 is 0 Å². The minimum absolute atomic E-state index is 0.119. The number of hydrogen-bond donors (Lipinski definition) is 2. The van der Waals surface area contributed by atoms with Crippen LogP contribution in [0.25, 0.3) is 0 Å². The van der Waals surface area contributed by atoms with E-state index in [2.05, 4.69) is 13.2 Å². The summed E-state index contributed by atoms with van der Waals surface area (Å²) in [5.41, 5.74) is 0. The van der Waals surface area contributed by atoms with Crippen LogP contribution in [0, 0.1) is 23.7 Å². The Kier molecular flexibility index (Phi) is 8.14. The minimum atomic E-state index is -0.459. The first kappa shape index (κ1) is 20.6. The van der Waals surface area contributed by atoms with Gasteiger partial charge in [-0.05, 0) is 68.6 Å². The molecule has 0 aromatic heterocycles. The maximum Gasteiger partial charge on any atom is 0.0835 e. The van der Waals surface area contributed by atoms with Gasteiger partial charge < -0.3 is 19.7 Å². The predicted molar refractivity (Wildman–Crippen MR) is 100 cm³/mol. The van der Waals surface area contributed by atoms with Gasteiger partial charge in [-0.2, -0.15) is 0 Å². The molecule has 0 heterocycles. The van der Waals surface area contributed by atoms with Crippen molar-refractivity contribution in [2.45, 2.75) is 69.4 Å². The van der Waals surface area contributed by atoms with Crippen molar-refractivity contribution in [3.63, 3.8) is 0 Å². The Morgan fingerprint density at radius 1 is 0.800 bits per heavy atom. The first-order valence-corrected chi connectivity index (χ1v) is 9.67. The molecule has 2 aliphatic rings. The third-order valence-electron chi connectivity index (χ3n) is 6.34. The zero-order valence-electron chi connectivity index (χ0n) is 15.8. The van der Waals surface area contributed by atoms with Crippen molar-refractivity contribution in [2.24, 2.45) is 23.7 Å². The highest BCUT2D eigenvalue weighted by Crippen LogP contribution is 2.42. The van der Waals surface area contributed by atoms with Crippen molar-refractivity contribution in [1.29, 1.82) is 0 Å². The van der Waals surface area contributed by atoms with Gasteiger partial charge >= 0.3 is 0 Å². The fraction of sp³-hybridized carbons (Fsp3) is 0.810. The molecule has 4 nitrogen and oxygen atoms in total. The molecule has 2 N–H and O–H groups in total. The van der Waals surface area contributed by atoms with Gasteiger partial charge in [0.05, 0.1) is 24.4 Å². The molecule has 0 bridgehead atoms. The highest BCUT2D eigenvalue weighted by molar-refractivity contribution is 4.95. The van der Waals surface area contributed by atoms with Gasteiger partial charge in [0.25, 0.3) is 0 Å². The van der Waals surface area contributed by atoms with Gasteiger partial charge in [0.2, 0.25) is 0 Å².